The van der Waals surface area contributed by atoms with Gasteiger partial charge in [0.2, 0.25) is 18.6 Å². The molecule has 7 heteroatoms. The van der Waals surface area contributed by atoms with Gasteiger partial charge in [-0.2, -0.15) is 0 Å². The van der Waals surface area contributed by atoms with Gasteiger partial charge in [-0.3, -0.25) is 4.79 Å². The van der Waals surface area contributed by atoms with Gasteiger partial charge in [-0.15, -0.1) is 0 Å². The number of fused-ring (bicyclic) bond motifs is 1. The highest BCUT2D eigenvalue weighted by molar-refractivity contribution is 5.92. The molecule has 2 aliphatic rings. The number of hydrogen-bond donors (Lipinski definition) is 0. The van der Waals surface area contributed by atoms with Crippen molar-refractivity contribution in [2.75, 3.05) is 19.9 Å². The zero-order valence-corrected chi connectivity index (χ0v) is 14.2. The maximum Gasteiger partial charge on any atom is 0.246 e. The average Bonchev–Trinajstić information content (AvgIpc) is 3.15. The number of ether oxygens (including phenoxy) is 3. The molecule has 1 amide bonds. The van der Waals surface area contributed by atoms with Gasteiger partial charge in [-0.1, -0.05) is 6.07 Å². The zero-order valence-electron chi connectivity index (χ0n) is 14.2. The lowest BCUT2D eigenvalue weighted by Gasteiger charge is -2.31. The van der Waals surface area contributed by atoms with E-state index in [1.54, 1.807) is 24.4 Å². The molecule has 0 atom stereocenters. The minimum atomic E-state index is 0.00292. The molecule has 1 fully saturated rings. The molecule has 0 unspecified atom stereocenters. The molecule has 0 N–H and O–H groups in total. The number of piperidine rings is 1. The van der Waals surface area contributed by atoms with E-state index in [2.05, 4.69) is 9.97 Å². The second-order valence-electron chi connectivity index (χ2n) is 6.14. The first-order valence-electron chi connectivity index (χ1n) is 8.57. The van der Waals surface area contributed by atoms with Crippen LogP contribution in [0.25, 0.3) is 6.08 Å². The Hall–Kier alpha value is -3.09. The second kappa shape index (κ2) is 7.43. The summed E-state index contributed by atoms with van der Waals surface area (Å²) in [4.78, 5) is 22.2. The number of benzene rings is 1. The summed E-state index contributed by atoms with van der Waals surface area (Å²) in [6.07, 6.45) is 8.17. The molecule has 1 saturated heterocycles. The van der Waals surface area contributed by atoms with Crippen LogP contribution in [-0.2, 0) is 4.79 Å². The number of amides is 1. The fourth-order valence-corrected chi connectivity index (χ4v) is 3.00. The van der Waals surface area contributed by atoms with E-state index in [0.29, 0.717) is 24.7 Å². The van der Waals surface area contributed by atoms with Gasteiger partial charge in [-0.25, -0.2) is 9.97 Å². The van der Waals surface area contributed by atoms with Crippen molar-refractivity contribution >= 4 is 12.0 Å². The third-order valence-electron chi connectivity index (χ3n) is 4.41. The van der Waals surface area contributed by atoms with Crippen LogP contribution in [0.4, 0.5) is 0 Å². The first-order chi connectivity index (χ1) is 12.8. The van der Waals surface area contributed by atoms with Crippen LogP contribution in [-0.4, -0.2) is 46.8 Å². The van der Waals surface area contributed by atoms with Crippen LogP contribution in [0.15, 0.2) is 42.9 Å². The number of aromatic nitrogens is 2. The van der Waals surface area contributed by atoms with Crippen molar-refractivity contribution in [3.05, 3.63) is 48.4 Å². The van der Waals surface area contributed by atoms with Crippen molar-refractivity contribution in [2.45, 2.75) is 18.9 Å². The highest BCUT2D eigenvalue weighted by Gasteiger charge is 2.23. The fourth-order valence-electron chi connectivity index (χ4n) is 3.00. The minimum absolute atomic E-state index is 0.00292. The van der Waals surface area contributed by atoms with Crippen molar-refractivity contribution in [2.24, 2.45) is 0 Å². The lowest BCUT2D eigenvalue weighted by atomic mass is 10.1. The Morgan fingerprint density at radius 1 is 1.19 bits per heavy atom. The van der Waals surface area contributed by atoms with Crippen molar-refractivity contribution in [1.29, 1.82) is 0 Å². The summed E-state index contributed by atoms with van der Waals surface area (Å²) >= 11 is 0. The van der Waals surface area contributed by atoms with E-state index in [9.17, 15) is 4.79 Å². The molecular formula is C19H19N3O4. The first kappa shape index (κ1) is 16.4. The topological polar surface area (TPSA) is 73.8 Å². The minimum Gasteiger partial charge on any atom is -0.474 e. The van der Waals surface area contributed by atoms with E-state index in [4.69, 9.17) is 14.2 Å². The number of rotatable bonds is 4. The normalized spacial score (nSPS) is 16.8. The fraction of sp³-hybridized carbons (Fsp3) is 0.316. The van der Waals surface area contributed by atoms with Gasteiger partial charge in [0, 0.05) is 44.3 Å². The molecule has 0 saturated carbocycles. The zero-order chi connectivity index (χ0) is 17.8. The summed E-state index contributed by atoms with van der Waals surface area (Å²) in [6.45, 7) is 1.58. The smallest absolute Gasteiger partial charge is 0.246 e. The lowest BCUT2D eigenvalue weighted by Crippen LogP contribution is -2.41. The number of carbonyl (C=O) groups is 1. The summed E-state index contributed by atoms with van der Waals surface area (Å²) in [5.74, 6) is 2.03. The van der Waals surface area contributed by atoms with Crippen LogP contribution in [0.1, 0.15) is 18.4 Å². The van der Waals surface area contributed by atoms with E-state index < -0.39 is 0 Å². The molecule has 3 heterocycles. The van der Waals surface area contributed by atoms with Gasteiger partial charge >= 0.3 is 0 Å². The number of nitrogens with zero attached hydrogens (tertiary/aromatic N) is 3. The monoisotopic (exact) mass is 353 g/mol. The molecule has 0 bridgehead atoms. The molecule has 2 aromatic rings. The Kier molecular flexibility index (Phi) is 4.68. The van der Waals surface area contributed by atoms with E-state index in [1.807, 2.05) is 23.1 Å². The summed E-state index contributed by atoms with van der Waals surface area (Å²) in [5, 5.41) is 0. The SMILES string of the molecule is O=C(/C=C/c1ccc2c(c1)OCO2)N1CCC(Oc2ccncn2)CC1. The van der Waals surface area contributed by atoms with E-state index in [1.165, 1.54) is 6.33 Å². The van der Waals surface area contributed by atoms with Crippen molar-refractivity contribution in [1.82, 2.24) is 14.9 Å². The molecule has 2 aliphatic heterocycles. The summed E-state index contributed by atoms with van der Waals surface area (Å²) in [6, 6.07) is 7.36. The molecule has 134 valence electrons. The molecule has 1 aromatic carbocycles. The highest BCUT2D eigenvalue weighted by atomic mass is 16.7. The molecule has 0 aliphatic carbocycles. The molecule has 26 heavy (non-hydrogen) atoms. The first-order valence-corrected chi connectivity index (χ1v) is 8.57. The summed E-state index contributed by atoms with van der Waals surface area (Å²) in [7, 11) is 0. The predicted molar refractivity (Wildman–Crippen MR) is 93.9 cm³/mol. The van der Waals surface area contributed by atoms with E-state index >= 15 is 0 Å². The largest absolute Gasteiger partial charge is 0.474 e. The van der Waals surface area contributed by atoms with Crippen LogP contribution >= 0.6 is 0 Å². The van der Waals surface area contributed by atoms with Crippen molar-refractivity contribution < 1.29 is 19.0 Å². The van der Waals surface area contributed by atoms with Gasteiger partial charge < -0.3 is 19.1 Å². The Morgan fingerprint density at radius 2 is 2.04 bits per heavy atom. The van der Waals surface area contributed by atoms with Gasteiger partial charge in [0.25, 0.3) is 0 Å². The van der Waals surface area contributed by atoms with Crippen molar-refractivity contribution in [3.8, 4) is 17.4 Å². The van der Waals surface area contributed by atoms with Crippen molar-refractivity contribution in [3.63, 3.8) is 0 Å². The van der Waals surface area contributed by atoms with Crippen LogP contribution in [0.5, 0.6) is 17.4 Å². The Labute approximate surface area is 151 Å². The van der Waals surface area contributed by atoms with Gasteiger partial charge in [0.05, 0.1) is 0 Å². The van der Waals surface area contributed by atoms with Gasteiger partial charge in [0.1, 0.15) is 12.4 Å². The molecule has 0 spiro atoms. The van der Waals surface area contributed by atoms with Crippen LogP contribution in [0.2, 0.25) is 0 Å². The van der Waals surface area contributed by atoms with Crippen LogP contribution < -0.4 is 14.2 Å². The summed E-state index contributed by atoms with van der Waals surface area (Å²) < 4.78 is 16.5. The maximum absolute atomic E-state index is 12.4. The Bertz CT molecular complexity index is 802. The predicted octanol–water partition coefficient (Wildman–Crippen LogP) is 2.29. The molecule has 1 aromatic heterocycles. The van der Waals surface area contributed by atoms with E-state index in [0.717, 1.165) is 24.2 Å². The molecule has 0 radical (unpaired) electrons. The van der Waals surface area contributed by atoms with Crippen LogP contribution in [0.3, 0.4) is 0 Å². The third-order valence-corrected chi connectivity index (χ3v) is 4.41. The number of hydrogen-bond acceptors (Lipinski definition) is 6. The number of likely N-dealkylation sites (tertiary alicyclic amines) is 1. The Balaban J connectivity index is 1.29. The standard InChI is InChI=1S/C19H19N3O4/c23-19(4-2-14-1-3-16-17(11-14)25-13-24-16)22-9-6-15(7-10-22)26-18-5-8-20-12-21-18/h1-5,8,11-12,15H,6-7,9-10,13H2/b4-2+. The Morgan fingerprint density at radius 3 is 2.85 bits per heavy atom. The van der Waals surface area contributed by atoms with Gasteiger partial charge in [0.15, 0.2) is 11.5 Å². The maximum atomic E-state index is 12.4. The van der Waals surface area contributed by atoms with E-state index in [-0.39, 0.29) is 18.8 Å². The third kappa shape index (κ3) is 3.77. The molecular weight excluding hydrogens is 334 g/mol. The summed E-state index contributed by atoms with van der Waals surface area (Å²) in [5.41, 5.74) is 0.907. The molecule has 7 nitrogen and oxygen atoms in total. The van der Waals surface area contributed by atoms with Gasteiger partial charge in [-0.05, 0) is 23.8 Å². The second-order valence-corrected chi connectivity index (χ2v) is 6.14. The lowest BCUT2D eigenvalue weighted by molar-refractivity contribution is -0.127. The quantitative estimate of drug-likeness (QED) is 0.785. The number of carbonyl (C=O) groups excluding carboxylic acids is 1. The highest BCUT2D eigenvalue weighted by Crippen LogP contribution is 2.32. The average molecular weight is 353 g/mol. The van der Waals surface area contributed by atoms with Crippen LogP contribution in [0, 0.1) is 0 Å². The molecule has 4 rings (SSSR count).